The summed E-state index contributed by atoms with van der Waals surface area (Å²) in [7, 11) is 0. The Hall–Kier alpha value is -7.62. The summed E-state index contributed by atoms with van der Waals surface area (Å²) in [6, 6.07) is 77.4. The third-order valence-corrected chi connectivity index (χ3v) is 11.8. The lowest BCUT2D eigenvalue weighted by molar-refractivity contribution is 1.17. The van der Waals surface area contributed by atoms with Gasteiger partial charge in [-0.2, -0.15) is 0 Å². The molecular formula is C54H35N3. The van der Waals surface area contributed by atoms with Gasteiger partial charge in [0.2, 0.25) is 0 Å². The van der Waals surface area contributed by atoms with Crippen LogP contribution in [0.25, 0.3) is 105 Å². The van der Waals surface area contributed by atoms with Crippen LogP contribution in [0, 0.1) is 0 Å². The first-order valence-corrected chi connectivity index (χ1v) is 19.6. The lowest BCUT2D eigenvalue weighted by Crippen LogP contribution is -2.01. The van der Waals surface area contributed by atoms with Gasteiger partial charge in [0.1, 0.15) is 0 Å². The van der Waals surface area contributed by atoms with Crippen molar-refractivity contribution >= 4 is 65.4 Å². The average Bonchev–Trinajstić information content (AvgIpc) is 3.93. The van der Waals surface area contributed by atoms with E-state index in [1.807, 2.05) is 0 Å². The molecule has 0 aliphatic carbocycles. The third-order valence-electron chi connectivity index (χ3n) is 11.8. The van der Waals surface area contributed by atoms with Gasteiger partial charge in [0.15, 0.2) is 0 Å². The van der Waals surface area contributed by atoms with E-state index in [1.54, 1.807) is 0 Å². The molecule has 3 heterocycles. The second-order valence-corrected chi connectivity index (χ2v) is 14.9. The van der Waals surface area contributed by atoms with Crippen molar-refractivity contribution in [1.82, 2.24) is 13.7 Å². The maximum atomic E-state index is 2.51. The molecule has 3 aromatic heterocycles. The molecule has 0 bridgehead atoms. The van der Waals surface area contributed by atoms with Gasteiger partial charge >= 0.3 is 0 Å². The smallest absolute Gasteiger partial charge is 0.0618 e. The van der Waals surface area contributed by atoms with Crippen LogP contribution in [0.3, 0.4) is 0 Å². The molecule has 0 N–H and O–H groups in total. The molecule has 266 valence electrons. The van der Waals surface area contributed by atoms with Crippen LogP contribution in [0.5, 0.6) is 0 Å². The van der Waals surface area contributed by atoms with E-state index in [2.05, 4.69) is 226 Å². The number of rotatable bonds is 5. The van der Waals surface area contributed by atoms with Gasteiger partial charge in [-0.05, 0) is 59.7 Å². The van der Waals surface area contributed by atoms with Gasteiger partial charge in [0.25, 0.3) is 0 Å². The van der Waals surface area contributed by atoms with Crippen LogP contribution >= 0.6 is 0 Å². The van der Waals surface area contributed by atoms with E-state index >= 15 is 0 Å². The van der Waals surface area contributed by atoms with Crippen LogP contribution in [0.1, 0.15) is 0 Å². The topological polar surface area (TPSA) is 14.8 Å². The predicted octanol–water partition coefficient (Wildman–Crippen LogP) is 14.3. The fourth-order valence-electron chi connectivity index (χ4n) is 9.54. The average molecular weight is 726 g/mol. The lowest BCUT2D eigenvalue weighted by Gasteiger charge is -2.19. The Labute approximate surface area is 329 Å². The molecule has 0 spiro atoms. The van der Waals surface area contributed by atoms with Crippen LogP contribution in [0.15, 0.2) is 212 Å². The number of hydrogen-bond acceptors (Lipinski definition) is 0. The Morgan fingerprint density at radius 1 is 0.228 bits per heavy atom. The molecule has 0 radical (unpaired) electrons. The van der Waals surface area contributed by atoms with Crippen molar-refractivity contribution in [2.24, 2.45) is 0 Å². The summed E-state index contributed by atoms with van der Waals surface area (Å²) in [5.74, 6) is 0. The molecule has 0 atom stereocenters. The van der Waals surface area contributed by atoms with Gasteiger partial charge in [0.05, 0.1) is 50.2 Å². The zero-order valence-corrected chi connectivity index (χ0v) is 31.0. The standard InChI is InChI=1S/C54H35N3/c1-3-18-36(19-4-1)38-26-15-27-39(37-20-5-2-6-21-37)54(38)57-47-31-14-10-25-43(47)53-50(34-17-35-51(53)57)56-46-30-13-9-24-42(46)52-48(32-16-33-49(52)56)55-44-28-11-7-22-40(44)41-23-8-12-29-45(41)55/h1-35H. The third kappa shape index (κ3) is 4.60. The van der Waals surface area contributed by atoms with Crippen molar-refractivity contribution in [2.75, 3.05) is 0 Å². The second-order valence-electron chi connectivity index (χ2n) is 14.9. The van der Waals surface area contributed by atoms with Crippen molar-refractivity contribution in [3.05, 3.63) is 212 Å². The van der Waals surface area contributed by atoms with Crippen molar-refractivity contribution in [2.45, 2.75) is 0 Å². The minimum Gasteiger partial charge on any atom is -0.309 e. The fourth-order valence-corrected chi connectivity index (χ4v) is 9.54. The minimum atomic E-state index is 1.16. The van der Waals surface area contributed by atoms with Crippen LogP contribution in [-0.4, -0.2) is 13.7 Å². The summed E-state index contributed by atoms with van der Waals surface area (Å²) in [6.45, 7) is 0. The Morgan fingerprint density at radius 2 is 0.561 bits per heavy atom. The number of fused-ring (bicyclic) bond motifs is 9. The Balaban J connectivity index is 1.21. The summed E-state index contributed by atoms with van der Waals surface area (Å²) in [5.41, 5.74) is 15.4. The fraction of sp³-hybridized carbons (Fsp3) is 0. The Kier molecular flexibility index (Phi) is 6.93. The summed E-state index contributed by atoms with van der Waals surface area (Å²) in [6.07, 6.45) is 0. The highest BCUT2D eigenvalue weighted by Crippen LogP contribution is 2.45. The molecular weight excluding hydrogens is 691 g/mol. The van der Waals surface area contributed by atoms with Crippen LogP contribution in [0.2, 0.25) is 0 Å². The maximum absolute atomic E-state index is 2.51. The summed E-state index contributed by atoms with van der Waals surface area (Å²) < 4.78 is 7.47. The van der Waals surface area contributed by atoms with Gasteiger partial charge in [-0.15, -0.1) is 0 Å². The van der Waals surface area contributed by atoms with E-state index in [0.29, 0.717) is 0 Å². The number of hydrogen-bond donors (Lipinski definition) is 0. The minimum absolute atomic E-state index is 1.16. The monoisotopic (exact) mass is 725 g/mol. The molecule has 0 aliphatic rings. The van der Waals surface area contributed by atoms with Gasteiger partial charge < -0.3 is 13.7 Å². The second kappa shape index (κ2) is 12.5. The molecule has 0 amide bonds. The first-order valence-electron chi connectivity index (χ1n) is 19.6. The zero-order chi connectivity index (χ0) is 37.5. The van der Waals surface area contributed by atoms with Crippen LogP contribution < -0.4 is 0 Å². The van der Waals surface area contributed by atoms with E-state index in [-0.39, 0.29) is 0 Å². The highest BCUT2D eigenvalue weighted by atomic mass is 15.0. The molecule has 0 fully saturated rings. The van der Waals surface area contributed by atoms with Crippen molar-refractivity contribution in [1.29, 1.82) is 0 Å². The van der Waals surface area contributed by atoms with Crippen LogP contribution in [0.4, 0.5) is 0 Å². The molecule has 12 aromatic rings. The molecule has 3 heteroatoms. The number of aromatic nitrogens is 3. The summed E-state index contributed by atoms with van der Waals surface area (Å²) >= 11 is 0. The number of para-hydroxylation sites is 5. The molecule has 3 nitrogen and oxygen atoms in total. The molecule has 57 heavy (non-hydrogen) atoms. The zero-order valence-electron chi connectivity index (χ0n) is 31.0. The van der Waals surface area contributed by atoms with E-state index in [9.17, 15) is 0 Å². The van der Waals surface area contributed by atoms with Crippen molar-refractivity contribution in [3.8, 4) is 39.3 Å². The maximum Gasteiger partial charge on any atom is 0.0618 e. The first kappa shape index (κ1) is 31.7. The van der Waals surface area contributed by atoms with Crippen molar-refractivity contribution < 1.29 is 0 Å². The van der Waals surface area contributed by atoms with Gasteiger partial charge in [-0.25, -0.2) is 0 Å². The molecule has 0 unspecified atom stereocenters. The molecule has 0 saturated heterocycles. The summed E-state index contributed by atoms with van der Waals surface area (Å²) in [4.78, 5) is 0. The predicted molar refractivity (Wildman–Crippen MR) is 240 cm³/mol. The lowest BCUT2D eigenvalue weighted by atomic mass is 9.95. The van der Waals surface area contributed by atoms with E-state index in [1.165, 1.54) is 99.0 Å². The first-order chi connectivity index (χ1) is 28.3. The molecule has 0 saturated carbocycles. The van der Waals surface area contributed by atoms with Gasteiger partial charge in [-0.1, -0.05) is 164 Å². The van der Waals surface area contributed by atoms with Crippen LogP contribution in [-0.2, 0) is 0 Å². The van der Waals surface area contributed by atoms with E-state index < -0.39 is 0 Å². The molecule has 12 rings (SSSR count). The quantitative estimate of drug-likeness (QED) is 0.168. The summed E-state index contributed by atoms with van der Waals surface area (Å²) in [5, 5.41) is 7.43. The molecule has 9 aromatic carbocycles. The SMILES string of the molecule is c1ccc(-c2cccc(-c3ccccc3)c2-n2c3ccccc3c3c(-n4c5ccccc5c5c(-n6c7ccccc7c7ccccc76)cccc54)cccc32)cc1. The number of benzene rings is 9. The number of nitrogens with zero attached hydrogens (tertiary/aromatic N) is 3. The largest absolute Gasteiger partial charge is 0.309 e. The highest BCUT2D eigenvalue weighted by Gasteiger charge is 2.24. The Bertz CT molecular complexity index is 3400. The van der Waals surface area contributed by atoms with E-state index in [4.69, 9.17) is 0 Å². The van der Waals surface area contributed by atoms with E-state index in [0.717, 1.165) is 5.69 Å². The van der Waals surface area contributed by atoms with Gasteiger partial charge in [0, 0.05) is 43.4 Å². The highest BCUT2D eigenvalue weighted by molar-refractivity contribution is 6.19. The Morgan fingerprint density at radius 3 is 1.05 bits per heavy atom. The van der Waals surface area contributed by atoms with Crippen molar-refractivity contribution in [3.63, 3.8) is 0 Å². The normalized spacial score (nSPS) is 11.9. The van der Waals surface area contributed by atoms with Gasteiger partial charge in [-0.3, -0.25) is 0 Å². The molecule has 0 aliphatic heterocycles.